The summed E-state index contributed by atoms with van der Waals surface area (Å²) in [5.41, 5.74) is -0.735. The maximum atomic E-state index is 11.7. The van der Waals surface area contributed by atoms with Crippen molar-refractivity contribution in [1.29, 1.82) is 0 Å². The number of hydrogen-bond donors (Lipinski definition) is 1. The third-order valence-corrected chi connectivity index (χ3v) is 2.81. The zero-order valence-electron chi connectivity index (χ0n) is 11.7. The Labute approximate surface area is 105 Å². The Kier molecular flexibility index (Phi) is 9.09. The van der Waals surface area contributed by atoms with Crippen molar-refractivity contribution < 1.29 is 14.3 Å². The number of likely N-dealkylation sites (N-methyl/N-ethyl adjacent to an activating group) is 1. The first-order chi connectivity index (χ1) is 8.10. The summed E-state index contributed by atoms with van der Waals surface area (Å²) in [4.78, 5) is 11.7. The molecule has 17 heavy (non-hydrogen) atoms. The van der Waals surface area contributed by atoms with E-state index < -0.39 is 5.54 Å². The van der Waals surface area contributed by atoms with Crippen LogP contribution in [0.4, 0.5) is 0 Å². The molecule has 1 N–H and O–H groups in total. The fraction of sp³-hybridized carbons (Fsp3) is 0.923. The molecule has 0 fully saturated rings. The van der Waals surface area contributed by atoms with Gasteiger partial charge < -0.3 is 14.8 Å². The number of carbonyl (C=O) groups excluding carboxylic acids is 1. The third-order valence-electron chi connectivity index (χ3n) is 2.81. The number of carbonyl (C=O) groups is 1. The molecule has 4 nitrogen and oxygen atoms in total. The third kappa shape index (κ3) is 6.64. The summed E-state index contributed by atoms with van der Waals surface area (Å²) in [5, 5.41) is 2.97. The van der Waals surface area contributed by atoms with Crippen LogP contribution in [0.5, 0.6) is 0 Å². The van der Waals surface area contributed by atoms with Crippen molar-refractivity contribution in [2.24, 2.45) is 0 Å². The van der Waals surface area contributed by atoms with E-state index >= 15 is 0 Å². The predicted octanol–water partition coefficient (Wildman–Crippen LogP) is 2.12. The molecule has 4 heteroatoms. The molecular weight excluding hydrogens is 218 g/mol. The molecule has 102 valence electrons. The van der Waals surface area contributed by atoms with Gasteiger partial charge in [0, 0.05) is 6.61 Å². The molecule has 0 saturated carbocycles. The van der Waals surface area contributed by atoms with Gasteiger partial charge in [-0.25, -0.2) is 4.79 Å². The van der Waals surface area contributed by atoms with E-state index in [1.54, 1.807) is 20.9 Å². The van der Waals surface area contributed by atoms with Crippen LogP contribution in [0.25, 0.3) is 0 Å². The van der Waals surface area contributed by atoms with Crippen molar-refractivity contribution in [2.45, 2.75) is 52.0 Å². The van der Waals surface area contributed by atoms with Crippen LogP contribution < -0.4 is 5.32 Å². The van der Waals surface area contributed by atoms with Crippen LogP contribution in [-0.4, -0.2) is 38.4 Å². The van der Waals surface area contributed by atoms with E-state index in [9.17, 15) is 4.79 Å². The van der Waals surface area contributed by atoms with Crippen LogP contribution in [0.1, 0.15) is 46.5 Å². The highest BCUT2D eigenvalue weighted by Crippen LogP contribution is 2.08. The van der Waals surface area contributed by atoms with Crippen LogP contribution >= 0.6 is 0 Å². The number of rotatable bonds is 10. The Morgan fingerprint density at radius 3 is 2.47 bits per heavy atom. The fourth-order valence-electron chi connectivity index (χ4n) is 1.43. The molecular formula is C13H27NO3. The van der Waals surface area contributed by atoms with Gasteiger partial charge in [-0.05, 0) is 27.3 Å². The SMILES string of the molecule is CCCCCCOCC(C)(NC)C(=O)OCC. The van der Waals surface area contributed by atoms with Gasteiger partial charge in [-0.15, -0.1) is 0 Å². The summed E-state index contributed by atoms with van der Waals surface area (Å²) in [6.07, 6.45) is 4.70. The van der Waals surface area contributed by atoms with Gasteiger partial charge in [-0.2, -0.15) is 0 Å². The molecule has 0 bridgehead atoms. The minimum absolute atomic E-state index is 0.254. The van der Waals surface area contributed by atoms with Gasteiger partial charge in [-0.3, -0.25) is 0 Å². The number of unbranched alkanes of at least 4 members (excludes halogenated alkanes) is 3. The standard InChI is InChI=1S/C13H27NO3/c1-5-7-8-9-10-16-11-13(3,14-4)12(15)17-6-2/h14H,5-11H2,1-4H3. The number of esters is 1. The van der Waals surface area contributed by atoms with Crippen molar-refractivity contribution in [3.05, 3.63) is 0 Å². The van der Waals surface area contributed by atoms with Crippen LogP contribution in [0, 0.1) is 0 Å². The fourth-order valence-corrected chi connectivity index (χ4v) is 1.43. The predicted molar refractivity (Wildman–Crippen MR) is 69.1 cm³/mol. The first-order valence-corrected chi connectivity index (χ1v) is 6.54. The highest BCUT2D eigenvalue weighted by atomic mass is 16.5. The summed E-state index contributed by atoms with van der Waals surface area (Å²) in [6.45, 7) is 7.24. The molecule has 0 aromatic heterocycles. The van der Waals surface area contributed by atoms with Crippen molar-refractivity contribution >= 4 is 5.97 Å². The summed E-state index contributed by atoms with van der Waals surface area (Å²) >= 11 is 0. The van der Waals surface area contributed by atoms with Crippen molar-refractivity contribution in [1.82, 2.24) is 5.32 Å². The summed E-state index contributed by atoms with van der Waals surface area (Å²) < 4.78 is 10.6. The lowest BCUT2D eigenvalue weighted by molar-refractivity contribution is -0.153. The summed E-state index contributed by atoms with van der Waals surface area (Å²) in [6, 6.07) is 0. The molecule has 0 aliphatic heterocycles. The maximum absolute atomic E-state index is 11.7. The maximum Gasteiger partial charge on any atom is 0.328 e. The molecule has 0 saturated heterocycles. The Morgan fingerprint density at radius 2 is 1.94 bits per heavy atom. The molecule has 0 radical (unpaired) electrons. The van der Waals surface area contributed by atoms with Crippen molar-refractivity contribution in [3.8, 4) is 0 Å². The van der Waals surface area contributed by atoms with Gasteiger partial charge in [0.25, 0.3) is 0 Å². The molecule has 0 spiro atoms. The zero-order chi connectivity index (χ0) is 13.1. The average Bonchev–Trinajstić information content (AvgIpc) is 2.33. The van der Waals surface area contributed by atoms with Crippen molar-refractivity contribution in [3.63, 3.8) is 0 Å². The van der Waals surface area contributed by atoms with E-state index in [1.165, 1.54) is 19.3 Å². The zero-order valence-corrected chi connectivity index (χ0v) is 11.7. The van der Waals surface area contributed by atoms with Crippen LogP contribution in [0.15, 0.2) is 0 Å². The molecule has 0 aliphatic carbocycles. The Hall–Kier alpha value is -0.610. The highest BCUT2D eigenvalue weighted by Gasteiger charge is 2.33. The van der Waals surface area contributed by atoms with Crippen LogP contribution in [0.2, 0.25) is 0 Å². The molecule has 1 unspecified atom stereocenters. The number of hydrogen-bond acceptors (Lipinski definition) is 4. The van der Waals surface area contributed by atoms with Gasteiger partial charge in [0.2, 0.25) is 0 Å². The van der Waals surface area contributed by atoms with Gasteiger partial charge >= 0.3 is 5.97 Å². The number of nitrogens with one attached hydrogen (secondary N) is 1. The van der Waals surface area contributed by atoms with Crippen LogP contribution in [-0.2, 0) is 14.3 Å². The molecule has 0 aromatic carbocycles. The minimum Gasteiger partial charge on any atom is -0.465 e. The van der Waals surface area contributed by atoms with Crippen molar-refractivity contribution in [2.75, 3.05) is 26.9 Å². The highest BCUT2D eigenvalue weighted by molar-refractivity contribution is 5.80. The van der Waals surface area contributed by atoms with E-state index in [1.807, 2.05) is 0 Å². The van der Waals surface area contributed by atoms with Gasteiger partial charge in [0.1, 0.15) is 5.54 Å². The lowest BCUT2D eigenvalue weighted by Gasteiger charge is -2.26. The largest absolute Gasteiger partial charge is 0.465 e. The van der Waals surface area contributed by atoms with E-state index in [4.69, 9.17) is 9.47 Å². The quantitative estimate of drug-likeness (QED) is 0.473. The second-order valence-corrected chi connectivity index (χ2v) is 4.42. The second kappa shape index (κ2) is 9.42. The number of ether oxygens (including phenoxy) is 2. The van der Waals surface area contributed by atoms with Crippen LogP contribution in [0.3, 0.4) is 0 Å². The van der Waals surface area contributed by atoms with E-state index in [-0.39, 0.29) is 5.97 Å². The average molecular weight is 245 g/mol. The van der Waals surface area contributed by atoms with Gasteiger partial charge in [0.15, 0.2) is 0 Å². The van der Waals surface area contributed by atoms with Gasteiger partial charge in [-0.1, -0.05) is 26.2 Å². The van der Waals surface area contributed by atoms with E-state index in [0.29, 0.717) is 19.8 Å². The van der Waals surface area contributed by atoms with Gasteiger partial charge in [0.05, 0.1) is 13.2 Å². The molecule has 0 rings (SSSR count). The molecule has 0 heterocycles. The van der Waals surface area contributed by atoms with E-state index in [0.717, 1.165) is 6.42 Å². The first kappa shape index (κ1) is 16.4. The topological polar surface area (TPSA) is 47.6 Å². The first-order valence-electron chi connectivity index (χ1n) is 6.54. The lowest BCUT2D eigenvalue weighted by atomic mass is 10.1. The monoisotopic (exact) mass is 245 g/mol. The molecule has 0 aromatic rings. The Balaban J connectivity index is 3.83. The summed E-state index contributed by atoms with van der Waals surface area (Å²) in [7, 11) is 1.75. The Morgan fingerprint density at radius 1 is 1.24 bits per heavy atom. The van der Waals surface area contributed by atoms with E-state index in [2.05, 4.69) is 12.2 Å². The lowest BCUT2D eigenvalue weighted by Crippen LogP contribution is -2.52. The second-order valence-electron chi connectivity index (χ2n) is 4.42. The minimum atomic E-state index is -0.735. The molecule has 0 aliphatic rings. The summed E-state index contributed by atoms with van der Waals surface area (Å²) in [5.74, 6) is -0.254. The molecule has 0 amide bonds. The normalized spacial score (nSPS) is 14.4. The Bertz CT molecular complexity index is 209. The molecule has 1 atom stereocenters. The smallest absolute Gasteiger partial charge is 0.328 e.